The van der Waals surface area contributed by atoms with E-state index in [4.69, 9.17) is 11.6 Å². The number of hydrogen-bond donors (Lipinski definition) is 0. The second-order valence-electron chi connectivity index (χ2n) is 6.53. The average molecular weight is 381 g/mol. The first-order valence-electron chi connectivity index (χ1n) is 8.74. The van der Waals surface area contributed by atoms with Crippen molar-refractivity contribution in [2.75, 3.05) is 23.0 Å². The zero-order valence-corrected chi connectivity index (χ0v) is 15.3. The Morgan fingerprint density at radius 1 is 0.889 bits per heavy atom. The number of carbonyl (C=O) groups is 1. The third-order valence-electron chi connectivity index (χ3n) is 4.80. The monoisotopic (exact) mass is 380 g/mol. The summed E-state index contributed by atoms with van der Waals surface area (Å²) < 4.78 is 13.3. The predicted molar refractivity (Wildman–Crippen MR) is 107 cm³/mol. The number of nitrogens with zero attached hydrogens (tertiary/aromatic N) is 2. The summed E-state index contributed by atoms with van der Waals surface area (Å²) in [4.78, 5) is 17.3. The summed E-state index contributed by atoms with van der Waals surface area (Å²) in [7, 11) is 0. The molecule has 27 heavy (non-hydrogen) atoms. The molecule has 4 rings (SSSR count). The van der Waals surface area contributed by atoms with Gasteiger partial charge in [-0.25, -0.2) is 4.39 Å². The molecule has 1 unspecified atom stereocenters. The third kappa shape index (κ3) is 3.67. The van der Waals surface area contributed by atoms with Gasteiger partial charge < -0.3 is 9.80 Å². The van der Waals surface area contributed by atoms with Gasteiger partial charge in [0.05, 0.1) is 6.67 Å². The molecule has 0 amide bonds. The van der Waals surface area contributed by atoms with Crippen LogP contribution in [0.25, 0.3) is 0 Å². The summed E-state index contributed by atoms with van der Waals surface area (Å²) >= 11 is 6.02. The van der Waals surface area contributed by atoms with Gasteiger partial charge in [0.2, 0.25) is 0 Å². The molecule has 5 heteroatoms. The fraction of sp³-hybridized carbons (Fsp3) is 0.136. The van der Waals surface area contributed by atoms with Gasteiger partial charge in [0.1, 0.15) is 11.9 Å². The number of anilines is 2. The van der Waals surface area contributed by atoms with Crippen molar-refractivity contribution in [3.8, 4) is 0 Å². The number of halogens is 2. The number of benzene rings is 3. The van der Waals surface area contributed by atoms with Crippen LogP contribution in [0.4, 0.5) is 15.8 Å². The summed E-state index contributed by atoms with van der Waals surface area (Å²) in [5, 5.41) is 0.652. The molecule has 0 radical (unpaired) electrons. The lowest BCUT2D eigenvalue weighted by molar-refractivity contribution is 0.0968. The molecule has 136 valence electrons. The molecule has 0 N–H and O–H groups in total. The largest absolute Gasteiger partial charge is 0.351 e. The highest BCUT2D eigenvalue weighted by molar-refractivity contribution is 6.30. The molecule has 1 saturated heterocycles. The van der Waals surface area contributed by atoms with Crippen LogP contribution in [0.2, 0.25) is 5.02 Å². The smallest absolute Gasteiger partial charge is 0.187 e. The lowest BCUT2D eigenvalue weighted by Crippen LogP contribution is -2.37. The molecule has 1 aliphatic heterocycles. The van der Waals surface area contributed by atoms with Crippen LogP contribution in [-0.4, -0.2) is 25.0 Å². The van der Waals surface area contributed by atoms with Gasteiger partial charge in [-0.15, -0.1) is 0 Å². The van der Waals surface area contributed by atoms with E-state index in [1.165, 1.54) is 12.1 Å². The molecule has 0 aliphatic carbocycles. The maximum absolute atomic E-state index is 13.3. The molecule has 3 aromatic carbocycles. The van der Waals surface area contributed by atoms with Crippen LogP contribution in [-0.2, 0) is 0 Å². The molecule has 1 atom stereocenters. The normalized spacial score (nSPS) is 16.6. The van der Waals surface area contributed by atoms with Crippen LogP contribution in [0.3, 0.4) is 0 Å². The first kappa shape index (κ1) is 17.6. The number of rotatable bonds is 4. The van der Waals surface area contributed by atoms with E-state index in [0.717, 1.165) is 11.4 Å². The Bertz CT molecular complexity index is 929. The van der Waals surface area contributed by atoms with Crippen molar-refractivity contribution < 1.29 is 9.18 Å². The lowest BCUT2D eigenvalue weighted by atomic mass is 10.0. The third-order valence-corrected chi connectivity index (χ3v) is 5.06. The van der Waals surface area contributed by atoms with E-state index in [2.05, 4.69) is 9.80 Å². The van der Waals surface area contributed by atoms with Crippen molar-refractivity contribution in [1.82, 2.24) is 0 Å². The van der Waals surface area contributed by atoms with Gasteiger partial charge >= 0.3 is 0 Å². The van der Waals surface area contributed by atoms with E-state index in [1.807, 2.05) is 54.6 Å². The van der Waals surface area contributed by atoms with Crippen LogP contribution < -0.4 is 9.80 Å². The Labute approximate surface area is 162 Å². The molecule has 3 aromatic rings. The van der Waals surface area contributed by atoms with Crippen LogP contribution in [0.5, 0.6) is 0 Å². The van der Waals surface area contributed by atoms with Gasteiger partial charge in [0.15, 0.2) is 5.78 Å². The van der Waals surface area contributed by atoms with E-state index in [9.17, 15) is 9.18 Å². The van der Waals surface area contributed by atoms with Gasteiger partial charge in [-0.3, -0.25) is 4.79 Å². The van der Waals surface area contributed by atoms with E-state index in [0.29, 0.717) is 23.8 Å². The Morgan fingerprint density at radius 3 is 2.19 bits per heavy atom. The average Bonchev–Trinajstić information content (AvgIpc) is 3.14. The summed E-state index contributed by atoms with van der Waals surface area (Å²) in [5.41, 5.74) is 2.50. The first-order chi connectivity index (χ1) is 13.1. The van der Waals surface area contributed by atoms with Gasteiger partial charge in [0, 0.05) is 28.5 Å². The van der Waals surface area contributed by atoms with Crippen LogP contribution >= 0.6 is 11.6 Å². The topological polar surface area (TPSA) is 23.6 Å². The molecule has 3 nitrogen and oxygen atoms in total. The maximum atomic E-state index is 13.3. The fourth-order valence-corrected chi connectivity index (χ4v) is 3.53. The van der Waals surface area contributed by atoms with Gasteiger partial charge in [0.25, 0.3) is 0 Å². The first-order valence-corrected chi connectivity index (χ1v) is 9.11. The molecule has 0 bridgehead atoms. The summed E-state index contributed by atoms with van der Waals surface area (Å²) in [6, 6.07) is 22.8. The van der Waals surface area contributed by atoms with Gasteiger partial charge in [-0.1, -0.05) is 41.9 Å². The molecule has 0 aromatic heterocycles. The van der Waals surface area contributed by atoms with E-state index >= 15 is 0 Å². The van der Waals surface area contributed by atoms with Crippen LogP contribution in [0.15, 0.2) is 78.9 Å². The minimum atomic E-state index is -0.335. The van der Waals surface area contributed by atoms with Crippen molar-refractivity contribution in [2.45, 2.75) is 6.04 Å². The van der Waals surface area contributed by atoms with E-state index in [-0.39, 0.29) is 17.6 Å². The summed E-state index contributed by atoms with van der Waals surface area (Å²) in [5.74, 6) is -0.209. The van der Waals surface area contributed by atoms with Gasteiger partial charge in [-0.2, -0.15) is 0 Å². The second-order valence-corrected chi connectivity index (χ2v) is 6.97. The SMILES string of the molecule is O=C(c1ccccc1)C1CN(c2ccc(F)cc2)CN1c1ccc(Cl)cc1. The van der Waals surface area contributed by atoms with Crippen molar-refractivity contribution in [3.05, 3.63) is 95.3 Å². The Kier molecular flexibility index (Phi) is 4.82. The minimum Gasteiger partial charge on any atom is -0.351 e. The van der Waals surface area contributed by atoms with E-state index in [1.54, 1.807) is 12.1 Å². The summed E-state index contributed by atoms with van der Waals surface area (Å²) in [6.07, 6.45) is 0. The standard InChI is InChI=1S/C22H18ClFN2O/c23-17-6-10-20(11-7-17)26-15-25(19-12-8-18(24)9-13-19)14-21(26)22(27)16-4-2-1-3-5-16/h1-13,21H,14-15H2. The van der Waals surface area contributed by atoms with E-state index < -0.39 is 0 Å². The molecular formula is C22H18ClFN2O. The van der Waals surface area contributed by atoms with Crippen molar-refractivity contribution in [2.24, 2.45) is 0 Å². The van der Waals surface area contributed by atoms with Crippen molar-refractivity contribution in [3.63, 3.8) is 0 Å². The Hall–Kier alpha value is -2.85. The predicted octanol–water partition coefficient (Wildman–Crippen LogP) is 5.01. The van der Waals surface area contributed by atoms with Gasteiger partial charge in [-0.05, 0) is 48.5 Å². The van der Waals surface area contributed by atoms with Crippen molar-refractivity contribution in [1.29, 1.82) is 0 Å². The van der Waals surface area contributed by atoms with Crippen molar-refractivity contribution >= 4 is 28.8 Å². The zero-order valence-electron chi connectivity index (χ0n) is 14.6. The highest BCUT2D eigenvalue weighted by Crippen LogP contribution is 2.29. The number of Topliss-reactive ketones (excluding diaryl/α,β-unsaturated/α-hetero) is 1. The van der Waals surface area contributed by atoms with Crippen LogP contribution in [0.1, 0.15) is 10.4 Å². The Balaban J connectivity index is 1.67. The quantitative estimate of drug-likeness (QED) is 0.594. The minimum absolute atomic E-state index is 0.0650. The Morgan fingerprint density at radius 2 is 1.52 bits per heavy atom. The molecule has 0 saturated carbocycles. The summed E-state index contributed by atoms with van der Waals surface area (Å²) in [6.45, 7) is 1.07. The lowest BCUT2D eigenvalue weighted by Gasteiger charge is -2.25. The molecule has 1 heterocycles. The highest BCUT2D eigenvalue weighted by Gasteiger charge is 2.36. The second kappa shape index (κ2) is 7.41. The molecular weight excluding hydrogens is 363 g/mol. The highest BCUT2D eigenvalue weighted by atomic mass is 35.5. The number of ketones is 1. The maximum Gasteiger partial charge on any atom is 0.187 e. The molecule has 1 aliphatic rings. The molecule has 0 spiro atoms. The van der Waals surface area contributed by atoms with Crippen LogP contribution in [0, 0.1) is 5.82 Å². The molecule has 1 fully saturated rings. The fourth-order valence-electron chi connectivity index (χ4n) is 3.40. The number of carbonyl (C=O) groups excluding carboxylic acids is 1. The number of hydrogen-bond acceptors (Lipinski definition) is 3. The zero-order chi connectivity index (χ0) is 18.8.